The van der Waals surface area contributed by atoms with Gasteiger partial charge in [-0.3, -0.25) is 9.80 Å². The van der Waals surface area contributed by atoms with E-state index < -0.39 is 0 Å². The minimum Gasteiger partial charge on any atom is -0.379 e. The number of rotatable bonds is 3. The average molecular weight is 253 g/mol. The molecule has 2 N–H and O–H groups in total. The van der Waals surface area contributed by atoms with Crippen LogP contribution in [0.5, 0.6) is 0 Å². The molecule has 3 unspecified atom stereocenters. The minimum absolute atomic E-state index is 0.758. The average Bonchev–Trinajstić information content (AvgIpc) is 3.08. The second-order valence-electron chi connectivity index (χ2n) is 6.08. The molecule has 0 aromatic heterocycles. The van der Waals surface area contributed by atoms with E-state index in [1.807, 2.05) is 0 Å². The summed E-state index contributed by atoms with van der Waals surface area (Å²) in [5.74, 6) is 0.758. The van der Waals surface area contributed by atoms with Gasteiger partial charge in [0.05, 0.1) is 13.2 Å². The first-order valence-electron chi connectivity index (χ1n) is 7.64. The summed E-state index contributed by atoms with van der Waals surface area (Å²) in [6, 6.07) is 1.55. The second-order valence-corrected chi connectivity index (χ2v) is 6.08. The Balaban J connectivity index is 1.54. The maximum absolute atomic E-state index is 5.92. The SMILES string of the molecule is NCC1CCCC1N1CCC(N2CCOCC2)C1. The molecule has 2 saturated heterocycles. The highest BCUT2D eigenvalue weighted by Gasteiger charge is 2.37. The number of likely N-dealkylation sites (tertiary alicyclic amines) is 1. The number of morpholine rings is 1. The van der Waals surface area contributed by atoms with Gasteiger partial charge in [0.2, 0.25) is 0 Å². The van der Waals surface area contributed by atoms with Gasteiger partial charge in [-0.15, -0.1) is 0 Å². The summed E-state index contributed by atoms with van der Waals surface area (Å²) < 4.78 is 5.45. The highest BCUT2D eigenvalue weighted by molar-refractivity contribution is 4.93. The Morgan fingerprint density at radius 3 is 2.61 bits per heavy atom. The van der Waals surface area contributed by atoms with Gasteiger partial charge in [-0.25, -0.2) is 0 Å². The van der Waals surface area contributed by atoms with Crippen LogP contribution in [0.1, 0.15) is 25.7 Å². The Hall–Kier alpha value is -0.160. The smallest absolute Gasteiger partial charge is 0.0594 e. The predicted molar refractivity (Wildman–Crippen MR) is 72.6 cm³/mol. The van der Waals surface area contributed by atoms with E-state index in [4.69, 9.17) is 10.5 Å². The van der Waals surface area contributed by atoms with E-state index >= 15 is 0 Å². The molecular weight excluding hydrogens is 226 g/mol. The van der Waals surface area contributed by atoms with Crippen LogP contribution < -0.4 is 5.73 Å². The lowest BCUT2D eigenvalue weighted by Crippen LogP contribution is -2.46. The van der Waals surface area contributed by atoms with E-state index in [0.29, 0.717) is 0 Å². The van der Waals surface area contributed by atoms with Gasteiger partial charge < -0.3 is 10.5 Å². The molecular formula is C14H27N3O. The van der Waals surface area contributed by atoms with E-state index in [1.54, 1.807) is 0 Å². The van der Waals surface area contributed by atoms with Crippen LogP contribution >= 0.6 is 0 Å². The molecule has 0 bridgehead atoms. The fraction of sp³-hybridized carbons (Fsp3) is 1.00. The predicted octanol–water partition coefficient (Wildman–Crippen LogP) is 0.520. The molecule has 104 valence electrons. The largest absolute Gasteiger partial charge is 0.379 e. The third-order valence-electron chi connectivity index (χ3n) is 5.15. The zero-order valence-electron chi connectivity index (χ0n) is 11.4. The molecule has 2 heterocycles. The minimum atomic E-state index is 0.758. The van der Waals surface area contributed by atoms with E-state index in [9.17, 15) is 0 Å². The summed E-state index contributed by atoms with van der Waals surface area (Å²) in [5, 5.41) is 0. The van der Waals surface area contributed by atoms with Crippen molar-refractivity contribution >= 4 is 0 Å². The fourth-order valence-corrected chi connectivity index (χ4v) is 4.08. The van der Waals surface area contributed by atoms with Crippen molar-refractivity contribution in [3.8, 4) is 0 Å². The normalized spacial score (nSPS) is 39.5. The van der Waals surface area contributed by atoms with Crippen LogP contribution in [0.3, 0.4) is 0 Å². The lowest BCUT2D eigenvalue weighted by atomic mass is 10.0. The number of hydrogen-bond acceptors (Lipinski definition) is 4. The van der Waals surface area contributed by atoms with Crippen molar-refractivity contribution in [3.05, 3.63) is 0 Å². The van der Waals surface area contributed by atoms with E-state index in [-0.39, 0.29) is 0 Å². The molecule has 1 saturated carbocycles. The molecule has 0 aromatic carbocycles. The summed E-state index contributed by atoms with van der Waals surface area (Å²) >= 11 is 0. The first-order chi connectivity index (χ1) is 8.88. The first-order valence-corrected chi connectivity index (χ1v) is 7.64. The van der Waals surface area contributed by atoms with Crippen molar-refractivity contribution in [3.63, 3.8) is 0 Å². The molecule has 4 nitrogen and oxygen atoms in total. The number of hydrogen-bond donors (Lipinski definition) is 1. The second kappa shape index (κ2) is 5.87. The van der Waals surface area contributed by atoms with Gasteiger partial charge in [-0.1, -0.05) is 6.42 Å². The Bertz CT molecular complexity index is 268. The Morgan fingerprint density at radius 1 is 1.00 bits per heavy atom. The molecule has 4 heteroatoms. The van der Waals surface area contributed by atoms with Crippen LogP contribution in [0.25, 0.3) is 0 Å². The lowest BCUT2D eigenvalue weighted by molar-refractivity contribution is 0.0171. The van der Waals surface area contributed by atoms with Crippen molar-refractivity contribution in [1.82, 2.24) is 9.80 Å². The highest BCUT2D eigenvalue weighted by Crippen LogP contribution is 2.32. The third-order valence-corrected chi connectivity index (χ3v) is 5.15. The Kier molecular flexibility index (Phi) is 4.19. The van der Waals surface area contributed by atoms with E-state index in [2.05, 4.69) is 9.80 Å². The lowest BCUT2D eigenvalue weighted by Gasteiger charge is -2.33. The van der Waals surface area contributed by atoms with Crippen LogP contribution in [0.4, 0.5) is 0 Å². The molecule has 0 spiro atoms. The molecule has 2 aliphatic heterocycles. The van der Waals surface area contributed by atoms with E-state index in [1.165, 1.54) is 38.8 Å². The Labute approximate surface area is 110 Å². The molecule has 3 rings (SSSR count). The van der Waals surface area contributed by atoms with Gasteiger partial charge in [0.1, 0.15) is 0 Å². The van der Waals surface area contributed by atoms with Crippen molar-refractivity contribution < 1.29 is 4.74 Å². The summed E-state index contributed by atoms with van der Waals surface area (Å²) in [6.07, 6.45) is 5.44. The molecule has 0 amide bonds. The summed E-state index contributed by atoms with van der Waals surface area (Å²) in [4.78, 5) is 5.36. The van der Waals surface area contributed by atoms with Crippen LogP contribution in [0.2, 0.25) is 0 Å². The van der Waals surface area contributed by atoms with Crippen LogP contribution in [-0.2, 0) is 4.74 Å². The maximum Gasteiger partial charge on any atom is 0.0594 e. The van der Waals surface area contributed by atoms with Gasteiger partial charge in [0, 0.05) is 38.3 Å². The number of nitrogens with two attached hydrogens (primary N) is 1. The zero-order valence-corrected chi connectivity index (χ0v) is 11.4. The van der Waals surface area contributed by atoms with Gasteiger partial charge >= 0.3 is 0 Å². The van der Waals surface area contributed by atoms with Gasteiger partial charge in [-0.05, 0) is 31.7 Å². The number of ether oxygens (including phenoxy) is 1. The highest BCUT2D eigenvalue weighted by atomic mass is 16.5. The topological polar surface area (TPSA) is 41.7 Å². The van der Waals surface area contributed by atoms with Gasteiger partial charge in [0.25, 0.3) is 0 Å². The van der Waals surface area contributed by atoms with Crippen molar-refractivity contribution in [2.75, 3.05) is 45.9 Å². The van der Waals surface area contributed by atoms with Gasteiger partial charge in [0.15, 0.2) is 0 Å². The van der Waals surface area contributed by atoms with Crippen molar-refractivity contribution in [2.24, 2.45) is 11.7 Å². The summed E-state index contributed by atoms with van der Waals surface area (Å²) in [7, 11) is 0. The quantitative estimate of drug-likeness (QED) is 0.796. The van der Waals surface area contributed by atoms with Crippen LogP contribution in [0.15, 0.2) is 0 Å². The fourth-order valence-electron chi connectivity index (χ4n) is 4.08. The van der Waals surface area contributed by atoms with Gasteiger partial charge in [-0.2, -0.15) is 0 Å². The third kappa shape index (κ3) is 2.57. The van der Waals surface area contributed by atoms with E-state index in [0.717, 1.165) is 50.8 Å². The van der Waals surface area contributed by atoms with Crippen LogP contribution in [0, 0.1) is 5.92 Å². The molecule has 1 aliphatic carbocycles. The standard InChI is InChI=1S/C14H27N3O/c15-10-12-2-1-3-14(12)17-5-4-13(11-17)16-6-8-18-9-7-16/h12-14H,1-11,15H2. The van der Waals surface area contributed by atoms with Crippen molar-refractivity contribution in [1.29, 1.82) is 0 Å². The molecule has 3 fully saturated rings. The molecule has 3 aliphatic rings. The van der Waals surface area contributed by atoms with Crippen LogP contribution in [-0.4, -0.2) is 67.8 Å². The molecule has 3 atom stereocenters. The molecule has 18 heavy (non-hydrogen) atoms. The van der Waals surface area contributed by atoms with Crippen molar-refractivity contribution in [2.45, 2.75) is 37.8 Å². The molecule has 0 aromatic rings. The maximum atomic E-state index is 5.92. The molecule has 0 radical (unpaired) electrons. The monoisotopic (exact) mass is 253 g/mol. The summed E-state index contributed by atoms with van der Waals surface area (Å²) in [5.41, 5.74) is 5.92. The Morgan fingerprint density at radius 2 is 1.83 bits per heavy atom. The number of nitrogens with zero attached hydrogens (tertiary/aromatic N) is 2. The summed E-state index contributed by atoms with van der Waals surface area (Å²) in [6.45, 7) is 7.53. The zero-order chi connectivity index (χ0) is 12.4. The first kappa shape index (κ1) is 12.9.